The van der Waals surface area contributed by atoms with Crippen LogP contribution in [0, 0.1) is 6.92 Å². The van der Waals surface area contributed by atoms with E-state index in [4.69, 9.17) is 0 Å². The molecule has 0 bridgehead atoms. The number of benzene rings is 5. The van der Waals surface area contributed by atoms with E-state index in [9.17, 15) is 0 Å². The van der Waals surface area contributed by atoms with Crippen molar-refractivity contribution in [3.8, 4) is 11.1 Å². The fraction of sp³-hybridized carbons (Fsp3) is 0.0270. The summed E-state index contributed by atoms with van der Waals surface area (Å²) in [6.45, 7) is 2.15. The van der Waals surface area contributed by atoms with Gasteiger partial charge in [-0.2, -0.15) is 12.1 Å². The van der Waals surface area contributed by atoms with E-state index in [1.807, 2.05) is 0 Å². The summed E-state index contributed by atoms with van der Waals surface area (Å²) in [5, 5.41) is 9.57. The number of halogens is 2. The van der Waals surface area contributed by atoms with Crippen LogP contribution >= 0.6 is 7.92 Å². The molecule has 0 nitrogen and oxygen atoms in total. The van der Waals surface area contributed by atoms with Crippen molar-refractivity contribution in [1.29, 1.82) is 0 Å². The maximum Gasteiger partial charge on any atom is 4.00 e. The molecule has 0 aliphatic rings. The van der Waals surface area contributed by atoms with Crippen molar-refractivity contribution in [3.63, 3.8) is 0 Å². The Labute approximate surface area is 271 Å². The Kier molecular flexibility index (Phi) is 12.2. The number of aryl methyl sites for hydroxylation is 1. The van der Waals surface area contributed by atoms with E-state index < -0.39 is 7.92 Å². The molecule has 0 aromatic heterocycles. The molecule has 0 saturated carbocycles. The van der Waals surface area contributed by atoms with Crippen LogP contribution < -0.4 is 40.7 Å². The van der Waals surface area contributed by atoms with Gasteiger partial charge in [-0.05, 0) is 24.1 Å². The van der Waals surface area contributed by atoms with E-state index >= 15 is 0 Å². The van der Waals surface area contributed by atoms with Crippen molar-refractivity contribution >= 4 is 45.4 Å². The van der Waals surface area contributed by atoms with Crippen molar-refractivity contribution in [2.45, 2.75) is 6.92 Å². The Hall–Kier alpha value is -2.96. The van der Waals surface area contributed by atoms with Crippen LogP contribution in [0.5, 0.6) is 0 Å². The summed E-state index contributed by atoms with van der Waals surface area (Å²) in [5.41, 5.74) is 3.95. The van der Waals surface area contributed by atoms with Gasteiger partial charge < -0.3 is 24.8 Å². The fourth-order valence-electron chi connectivity index (χ4n) is 5.12. The first kappa shape index (κ1) is 32.6. The summed E-state index contributed by atoms with van der Waals surface area (Å²) < 4.78 is 0. The Balaban J connectivity index is 0.000000219. The topological polar surface area (TPSA) is 0 Å². The molecule has 0 heterocycles. The van der Waals surface area contributed by atoms with Crippen LogP contribution in [0.2, 0.25) is 0 Å². The summed E-state index contributed by atoms with van der Waals surface area (Å²) in [6, 6.07) is 56.6. The average Bonchev–Trinajstić information content (AvgIpc) is 3.57. The zero-order valence-electron chi connectivity index (χ0n) is 22.7. The molecule has 7 aromatic rings. The van der Waals surface area contributed by atoms with Gasteiger partial charge in [0.1, 0.15) is 0 Å². The first-order chi connectivity index (χ1) is 18.8. The normalized spacial score (nSPS) is 10.2. The third-order valence-electron chi connectivity index (χ3n) is 6.87. The minimum atomic E-state index is -0.493. The summed E-state index contributed by atoms with van der Waals surface area (Å²) >= 11 is 0. The van der Waals surface area contributed by atoms with Gasteiger partial charge in [0.25, 0.3) is 0 Å². The number of rotatable bonds is 4. The molecule has 0 aliphatic heterocycles. The van der Waals surface area contributed by atoms with Crippen LogP contribution in [0.3, 0.4) is 0 Å². The monoisotopic (exact) mass is 622 g/mol. The van der Waals surface area contributed by atoms with Gasteiger partial charge in [0.05, 0.1) is 0 Å². The van der Waals surface area contributed by atoms with Crippen molar-refractivity contribution < 1.29 is 46.5 Å². The van der Waals surface area contributed by atoms with E-state index in [2.05, 4.69) is 165 Å². The van der Waals surface area contributed by atoms with Gasteiger partial charge in [-0.25, -0.2) is 0 Å². The molecule has 0 radical (unpaired) electrons. The molecule has 0 fully saturated rings. The summed E-state index contributed by atoms with van der Waals surface area (Å²) in [4.78, 5) is 0. The molecule has 0 saturated heterocycles. The number of fused-ring (bicyclic) bond motifs is 2. The third-order valence-corrected chi connectivity index (χ3v) is 9.27. The number of hydrogen-bond acceptors (Lipinski definition) is 0. The zero-order valence-corrected chi connectivity index (χ0v) is 26.7. The van der Waals surface area contributed by atoms with Gasteiger partial charge in [-0.1, -0.05) is 116 Å². The van der Waals surface area contributed by atoms with Gasteiger partial charge in [0.2, 0.25) is 0 Å². The van der Waals surface area contributed by atoms with Crippen LogP contribution in [0.4, 0.5) is 0 Å². The number of hydrogen-bond donors (Lipinski definition) is 0. The maximum absolute atomic E-state index is 2.35. The third kappa shape index (κ3) is 7.47. The Morgan fingerprint density at radius 1 is 0.512 bits per heavy atom. The predicted molar refractivity (Wildman–Crippen MR) is 168 cm³/mol. The predicted octanol–water partition coefficient (Wildman–Crippen LogP) is 2.86. The first-order valence-electron chi connectivity index (χ1n) is 13.0. The van der Waals surface area contributed by atoms with Gasteiger partial charge in [0.15, 0.2) is 0 Å². The molecule has 7 rings (SSSR count). The first-order valence-corrected chi connectivity index (χ1v) is 14.4. The molecule has 0 spiro atoms. The van der Waals surface area contributed by atoms with Crippen LogP contribution in [-0.4, -0.2) is 0 Å². The molecule has 0 N–H and O–H groups in total. The minimum absolute atomic E-state index is 0. The molecular weight excluding hydrogens is 594 g/mol. The van der Waals surface area contributed by atoms with Gasteiger partial charge in [-0.3, -0.25) is 0 Å². The molecule has 200 valence electrons. The van der Waals surface area contributed by atoms with Crippen LogP contribution in [0.25, 0.3) is 32.7 Å². The molecule has 41 heavy (non-hydrogen) atoms. The second-order valence-corrected chi connectivity index (χ2v) is 11.8. The molecule has 0 atom stereocenters. The van der Waals surface area contributed by atoms with Gasteiger partial charge >= 0.3 is 21.7 Å². The van der Waals surface area contributed by atoms with Crippen molar-refractivity contribution in [2.24, 2.45) is 0 Å². The van der Waals surface area contributed by atoms with Gasteiger partial charge in [0, 0.05) is 0 Å². The molecule has 0 aliphatic carbocycles. The second-order valence-electron chi connectivity index (χ2n) is 9.56. The molecule has 0 unspecified atom stereocenters. The Morgan fingerprint density at radius 2 is 1.05 bits per heavy atom. The quantitative estimate of drug-likeness (QED) is 0.161. The Bertz CT molecular complexity index is 1700. The van der Waals surface area contributed by atoms with Crippen molar-refractivity contribution in [1.82, 2.24) is 0 Å². The maximum atomic E-state index is 2.35. The van der Waals surface area contributed by atoms with Crippen LogP contribution in [0.1, 0.15) is 5.56 Å². The van der Waals surface area contributed by atoms with Gasteiger partial charge in [-0.15, -0.1) is 74.9 Å². The van der Waals surface area contributed by atoms with Crippen molar-refractivity contribution in [3.05, 3.63) is 163 Å². The zero-order chi connectivity index (χ0) is 25.7. The van der Waals surface area contributed by atoms with E-state index in [0.29, 0.717) is 0 Å². The van der Waals surface area contributed by atoms with Crippen molar-refractivity contribution in [2.75, 3.05) is 0 Å². The van der Waals surface area contributed by atoms with E-state index in [1.165, 1.54) is 54.1 Å². The minimum Gasteiger partial charge on any atom is -1.00 e. The molecule has 7 aromatic carbocycles. The SMILES string of the molecule is Cc1cc2c(-c3ccccc3)cccc2[cH-]1.[Cl-].[Cl-].[Ti+4].c1ccc(P(c2ccccc2)c2cc3ccccc3[cH-]2)cc1. The Morgan fingerprint density at radius 3 is 1.66 bits per heavy atom. The molecular formula is C37H29Cl2PTi. The van der Waals surface area contributed by atoms with E-state index in [-0.39, 0.29) is 46.5 Å². The van der Waals surface area contributed by atoms with Crippen LogP contribution in [0.15, 0.2) is 158 Å². The molecule has 4 heteroatoms. The summed E-state index contributed by atoms with van der Waals surface area (Å²) in [6.07, 6.45) is 0. The van der Waals surface area contributed by atoms with E-state index in [1.54, 1.807) is 0 Å². The average molecular weight is 623 g/mol. The van der Waals surface area contributed by atoms with E-state index in [0.717, 1.165) is 0 Å². The second kappa shape index (κ2) is 15.3. The largest absolute Gasteiger partial charge is 4.00 e. The standard InChI is InChI=1S/C21H16P.C16H13.2ClH.Ti/c1-3-11-19(12-4-1)22(20-13-5-2-6-14-20)21-15-17-9-7-8-10-18(17)16-21;1-12-10-14-8-5-9-15(16(14)11-12)13-6-3-2-4-7-13;;;/h1-16H;2-11H,1H3;2*1H;/q2*-1;;;+4/p-2. The van der Waals surface area contributed by atoms with Crippen LogP contribution in [-0.2, 0) is 21.7 Å². The molecule has 0 amide bonds. The summed E-state index contributed by atoms with van der Waals surface area (Å²) in [7, 11) is -0.493. The smallest absolute Gasteiger partial charge is 1.00 e. The fourth-order valence-corrected chi connectivity index (χ4v) is 7.49. The summed E-state index contributed by atoms with van der Waals surface area (Å²) in [5.74, 6) is 0.